The zero-order valence-electron chi connectivity index (χ0n) is 11.9. The number of thiophene rings is 1. The first-order chi connectivity index (χ1) is 9.50. The summed E-state index contributed by atoms with van der Waals surface area (Å²) < 4.78 is 25.9. The van der Waals surface area contributed by atoms with Gasteiger partial charge in [0.05, 0.1) is 6.26 Å². The van der Waals surface area contributed by atoms with Crippen LogP contribution in [0.3, 0.4) is 0 Å². The summed E-state index contributed by atoms with van der Waals surface area (Å²) in [7, 11) is -3.09. The fourth-order valence-electron chi connectivity index (χ4n) is 3.80. The van der Waals surface area contributed by atoms with Gasteiger partial charge in [0.25, 0.3) is 0 Å². The molecule has 2 aliphatic heterocycles. The van der Waals surface area contributed by atoms with Gasteiger partial charge in [-0.3, -0.25) is 4.90 Å². The summed E-state index contributed by atoms with van der Waals surface area (Å²) in [5, 5.41) is 2.10. The van der Waals surface area contributed by atoms with Gasteiger partial charge in [0, 0.05) is 30.1 Å². The van der Waals surface area contributed by atoms with Crippen molar-refractivity contribution in [1.82, 2.24) is 9.21 Å². The van der Waals surface area contributed by atoms with Gasteiger partial charge in [-0.15, -0.1) is 11.3 Å². The van der Waals surface area contributed by atoms with Gasteiger partial charge in [-0.25, -0.2) is 8.42 Å². The van der Waals surface area contributed by atoms with E-state index >= 15 is 0 Å². The number of nitrogens with zero attached hydrogens (tertiary/aromatic N) is 2. The van der Waals surface area contributed by atoms with Crippen LogP contribution in [0.1, 0.15) is 30.6 Å². The molecule has 4 nitrogen and oxygen atoms in total. The minimum absolute atomic E-state index is 0.136. The molecule has 6 heteroatoms. The maximum atomic E-state index is 12.0. The second-order valence-electron chi connectivity index (χ2n) is 6.06. The number of rotatable bonds is 3. The van der Waals surface area contributed by atoms with E-state index in [4.69, 9.17) is 0 Å². The van der Waals surface area contributed by atoms with Crippen LogP contribution in [0.5, 0.6) is 0 Å². The smallest absolute Gasteiger partial charge is 0.211 e. The quantitative estimate of drug-likeness (QED) is 0.858. The van der Waals surface area contributed by atoms with Crippen molar-refractivity contribution in [3.63, 3.8) is 0 Å². The molecule has 0 radical (unpaired) electrons. The summed E-state index contributed by atoms with van der Waals surface area (Å²) >= 11 is 1.78. The van der Waals surface area contributed by atoms with Gasteiger partial charge in [0.1, 0.15) is 0 Å². The van der Waals surface area contributed by atoms with E-state index in [2.05, 4.69) is 22.4 Å². The van der Waals surface area contributed by atoms with Crippen molar-refractivity contribution < 1.29 is 8.42 Å². The molecule has 0 amide bonds. The second-order valence-corrected chi connectivity index (χ2v) is 9.00. The summed E-state index contributed by atoms with van der Waals surface area (Å²) in [5.41, 5.74) is -0.136. The molecule has 20 heavy (non-hydrogen) atoms. The Morgan fingerprint density at radius 3 is 2.70 bits per heavy atom. The molecule has 112 valence electrons. The second kappa shape index (κ2) is 5.40. The van der Waals surface area contributed by atoms with Crippen molar-refractivity contribution in [1.29, 1.82) is 0 Å². The lowest BCUT2D eigenvalue weighted by molar-refractivity contribution is 0.0848. The van der Waals surface area contributed by atoms with Crippen LogP contribution in [-0.4, -0.2) is 49.1 Å². The fraction of sp³-hybridized carbons (Fsp3) is 0.714. The van der Waals surface area contributed by atoms with Crippen molar-refractivity contribution in [2.24, 2.45) is 0 Å². The third-order valence-electron chi connectivity index (χ3n) is 4.53. The van der Waals surface area contributed by atoms with Gasteiger partial charge in [-0.1, -0.05) is 6.07 Å². The van der Waals surface area contributed by atoms with E-state index in [1.54, 1.807) is 15.6 Å². The Morgan fingerprint density at radius 2 is 2.05 bits per heavy atom. The molecule has 0 aromatic carbocycles. The zero-order valence-corrected chi connectivity index (χ0v) is 13.5. The first kappa shape index (κ1) is 14.5. The van der Waals surface area contributed by atoms with Gasteiger partial charge in [0.15, 0.2) is 0 Å². The van der Waals surface area contributed by atoms with Crippen LogP contribution in [0.25, 0.3) is 0 Å². The van der Waals surface area contributed by atoms with Crippen LogP contribution >= 0.6 is 11.3 Å². The molecule has 0 bridgehead atoms. The summed E-state index contributed by atoms with van der Waals surface area (Å²) in [6, 6.07) is 4.24. The molecule has 2 aliphatic rings. The Morgan fingerprint density at radius 1 is 1.30 bits per heavy atom. The van der Waals surface area contributed by atoms with Crippen molar-refractivity contribution in [2.45, 2.75) is 37.8 Å². The molecule has 1 atom stereocenters. The highest BCUT2D eigenvalue weighted by atomic mass is 32.2. The monoisotopic (exact) mass is 314 g/mol. The van der Waals surface area contributed by atoms with Gasteiger partial charge in [-0.2, -0.15) is 4.31 Å². The maximum Gasteiger partial charge on any atom is 0.211 e. The van der Waals surface area contributed by atoms with Crippen molar-refractivity contribution in [2.75, 3.05) is 25.9 Å². The molecular formula is C14H22N2O2S2. The summed E-state index contributed by atoms with van der Waals surface area (Å²) in [6.45, 7) is 3.62. The molecule has 0 N–H and O–H groups in total. The lowest BCUT2D eigenvalue weighted by Crippen LogP contribution is -2.56. The molecule has 1 spiro atoms. The molecule has 0 saturated carbocycles. The van der Waals surface area contributed by atoms with E-state index in [1.165, 1.54) is 11.1 Å². The van der Waals surface area contributed by atoms with Gasteiger partial charge >= 0.3 is 0 Å². The van der Waals surface area contributed by atoms with Crippen LogP contribution in [0.2, 0.25) is 0 Å². The van der Waals surface area contributed by atoms with Crippen molar-refractivity contribution in [3.8, 4) is 0 Å². The number of sulfonamides is 1. The third kappa shape index (κ3) is 2.79. The minimum Gasteiger partial charge on any atom is -0.296 e. The summed E-state index contributed by atoms with van der Waals surface area (Å²) in [5.74, 6) is 0. The Labute approximate surface area is 125 Å². The molecule has 3 rings (SSSR count). The topological polar surface area (TPSA) is 40.6 Å². The number of piperidine rings is 1. The number of hydrogen-bond acceptors (Lipinski definition) is 4. The van der Waals surface area contributed by atoms with Crippen LogP contribution in [0.15, 0.2) is 17.5 Å². The minimum atomic E-state index is -3.09. The molecule has 3 heterocycles. The molecule has 2 saturated heterocycles. The van der Waals surface area contributed by atoms with Crippen LogP contribution < -0.4 is 0 Å². The van der Waals surface area contributed by atoms with E-state index in [1.807, 2.05) is 0 Å². The Kier molecular flexibility index (Phi) is 3.92. The molecule has 2 fully saturated rings. The highest BCUT2D eigenvalue weighted by Crippen LogP contribution is 2.39. The lowest BCUT2D eigenvalue weighted by Gasteiger charge is -2.44. The van der Waals surface area contributed by atoms with Gasteiger partial charge in [-0.05, 0) is 43.7 Å². The Bertz CT molecular complexity index is 556. The van der Waals surface area contributed by atoms with Crippen molar-refractivity contribution in [3.05, 3.63) is 22.4 Å². The Hall–Kier alpha value is -0.430. The van der Waals surface area contributed by atoms with Gasteiger partial charge in [0.2, 0.25) is 10.0 Å². The van der Waals surface area contributed by atoms with Crippen LogP contribution in [-0.2, 0) is 16.6 Å². The third-order valence-corrected chi connectivity index (χ3v) is 6.76. The average Bonchev–Trinajstić information content (AvgIpc) is 2.99. The molecule has 0 aliphatic carbocycles. The van der Waals surface area contributed by atoms with E-state index in [0.717, 1.165) is 45.3 Å². The van der Waals surface area contributed by atoms with E-state index in [0.29, 0.717) is 6.54 Å². The molecule has 1 aromatic heterocycles. The first-order valence-electron chi connectivity index (χ1n) is 7.22. The Balaban J connectivity index is 1.77. The van der Waals surface area contributed by atoms with Crippen molar-refractivity contribution >= 4 is 21.4 Å². The predicted molar refractivity (Wildman–Crippen MR) is 82.3 cm³/mol. The normalized spacial score (nSPS) is 29.2. The fourth-order valence-corrected chi connectivity index (χ4v) is 5.95. The van der Waals surface area contributed by atoms with E-state index in [-0.39, 0.29) is 5.54 Å². The highest BCUT2D eigenvalue weighted by Gasteiger charge is 2.47. The van der Waals surface area contributed by atoms with E-state index < -0.39 is 10.0 Å². The first-order valence-corrected chi connectivity index (χ1v) is 9.95. The van der Waals surface area contributed by atoms with Crippen LogP contribution in [0, 0.1) is 0 Å². The largest absolute Gasteiger partial charge is 0.296 e. The SMILES string of the molecule is CS(=O)(=O)N1CCCC12CCCN(Cc1cccs1)C2. The summed E-state index contributed by atoms with van der Waals surface area (Å²) in [4.78, 5) is 3.80. The average molecular weight is 314 g/mol. The van der Waals surface area contributed by atoms with E-state index in [9.17, 15) is 8.42 Å². The van der Waals surface area contributed by atoms with Crippen LogP contribution in [0.4, 0.5) is 0 Å². The molecule has 1 unspecified atom stereocenters. The number of likely N-dealkylation sites (tertiary alicyclic amines) is 1. The standard InChI is InChI=1S/C14H22N2O2S2/c1-20(17,18)16-9-4-7-14(16)6-3-8-15(12-14)11-13-5-2-10-19-13/h2,5,10H,3-4,6-9,11-12H2,1H3. The number of hydrogen-bond donors (Lipinski definition) is 0. The summed E-state index contributed by atoms with van der Waals surface area (Å²) in [6.07, 6.45) is 5.48. The highest BCUT2D eigenvalue weighted by molar-refractivity contribution is 7.88. The molecular weight excluding hydrogens is 292 g/mol. The zero-order chi connectivity index (χ0) is 14.2. The lowest BCUT2D eigenvalue weighted by atomic mass is 9.87. The predicted octanol–water partition coefficient (Wildman–Crippen LogP) is 2.14. The van der Waals surface area contributed by atoms with Gasteiger partial charge < -0.3 is 0 Å². The molecule has 1 aromatic rings. The maximum absolute atomic E-state index is 12.0.